The molecule has 0 aliphatic carbocycles. The summed E-state index contributed by atoms with van der Waals surface area (Å²) in [7, 11) is 0. The van der Waals surface area contributed by atoms with Crippen molar-refractivity contribution in [1.29, 1.82) is 0 Å². The molecule has 4 rings (SSSR count). The summed E-state index contributed by atoms with van der Waals surface area (Å²) < 4.78 is 1.75. The van der Waals surface area contributed by atoms with Crippen molar-refractivity contribution in [1.82, 2.24) is 14.8 Å². The normalized spacial score (nSPS) is 15.9. The smallest absolute Gasteiger partial charge is 0.227 e. The van der Waals surface area contributed by atoms with Gasteiger partial charge in [0.1, 0.15) is 11.8 Å². The number of allylic oxidation sites excluding steroid dienone is 2. The average Bonchev–Trinajstić information content (AvgIpc) is 3.09. The first-order chi connectivity index (χ1) is 13.5. The maximum atomic E-state index is 12.4. The Labute approximate surface area is 167 Å². The number of nitrogens with zero attached hydrogens (tertiary/aromatic N) is 3. The lowest BCUT2D eigenvalue weighted by Gasteiger charge is -2.28. The Morgan fingerprint density at radius 3 is 2.57 bits per heavy atom. The van der Waals surface area contributed by atoms with E-state index in [0.717, 1.165) is 17.0 Å². The Morgan fingerprint density at radius 1 is 1.18 bits per heavy atom. The fourth-order valence-corrected chi connectivity index (χ4v) is 4.12. The number of rotatable bonds is 5. The average molecular weight is 392 g/mol. The molecule has 28 heavy (non-hydrogen) atoms. The molecule has 0 bridgehead atoms. The topological polar surface area (TPSA) is 80.0 Å². The minimum absolute atomic E-state index is 0.0253. The summed E-state index contributed by atoms with van der Waals surface area (Å²) in [5.41, 5.74) is 3.48. The molecule has 2 N–H and O–H groups in total. The van der Waals surface area contributed by atoms with Crippen LogP contribution in [0, 0.1) is 0 Å². The molecule has 7 heteroatoms. The van der Waals surface area contributed by atoms with Crippen LogP contribution in [-0.2, 0) is 10.5 Å². The second-order valence-corrected chi connectivity index (χ2v) is 7.59. The third kappa shape index (κ3) is 3.53. The number of ketones is 1. The van der Waals surface area contributed by atoms with Crippen molar-refractivity contribution in [2.45, 2.75) is 30.8 Å². The molecule has 142 valence electrons. The van der Waals surface area contributed by atoms with Crippen LogP contribution < -0.4 is 5.32 Å². The highest BCUT2D eigenvalue weighted by molar-refractivity contribution is 7.98. The number of phenols is 1. The van der Waals surface area contributed by atoms with Gasteiger partial charge in [-0.15, -0.1) is 5.10 Å². The summed E-state index contributed by atoms with van der Waals surface area (Å²) in [5.74, 6) is 1.53. The molecular formula is C21H20N4O2S. The summed E-state index contributed by atoms with van der Waals surface area (Å²) in [6.07, 6.45) is 0. The van der Waals surface area contributed by atoms with E-state index in [1.165, 1.54) is 5.56 Å². The highest BCUT2D eigenvalue weighted by Gasteiger charge is 2.32. The van der Waals surface area contributed by atoms with Crippen LogP contribution in [0.1, 0.15) is 31.0 Å². The lowest BCUT2D eigenvalue weighted by Crippen LogP contribution is -2.27. The van der Waals surface area contributed by atoms with Crippen molar-refractivity contribution in [3.05, 3.63) is 77.0 Å². The highest BCUT2D eigenvalue weighted by Crippen LogP contribution is 2.37. The lowest BCUT2D eigenvalue weighted by molar-refractivity contribution is -0.114. The molecule has 1 aliphatic heterocycles. The van der Waals surface area contributed by atoms with Gasteiger partial charge in [0.05, 0.1) is 0 Å². The van der Waals surface area contributed by atoms with Crippen molar-refractivity contribution < 1.29 is 9.90 Å². The molecule has 0 saturated heterocycles. The predicted octanol–water partition coefficient (Wildman–Crippen LogP) is 4.15. The van der Waals surface area contributed by atoms with Gasteiger partial charge in [0, 0.05) is 17.0 Å². The fraction of sp³-hybridized carbons (Fsp3) is 0.190. The van der Waals surface area contributed by atoms with E-state index < -0.39 is 0 Å². The molecule has 0 amide bonds. The van der Waals surface area contributed by atoms with Gasteiger partial charge in [0.15, 0.2) is 5.78 Å². The van der Waals surface area contributed by atoms with Crippen molar-refractivity contribution in [3.8, 4) is 5.75 Å². The Balaban J connectivity index is 1.69. The number of phenolic OH excluding ortho intramolecular Hbond substituents is 1. The second-order valence-electron chi connectivity index (χ2n) is 6.65. The first-order valence-corrected chi connectivity index (χ1v) is 9.92. The minimum Gasteiger partial charge on any atom is -0.508 e. The van der Waals surface area contributed by atoms with Gasteiger partial charge in [0.25, 0.3) is 0 Å². The second kappa shape index (κ2) is 7.52. The molecule has 1 aromatic heterocycles. The van der Waals surface area contributed by atoms with E-state index in [4.69, 9.17) is 0 Å². The first kappa shape index (κ1) is 18.3. The van der Waals surface area contributed by atoms with Gasteiger partial charge >= 0.3 is 0 Å². The van der Waals surface area contributed by atoms with Crippen LogP contribution in [-0.4, -0.2) is 25.7 Å². The number of fused-ring (bicyclic) bond motifs is 1. The van der Waals surface area contributed by atoms with E-state index >= 15 is 0 Å². The van der Waals surface area contributed by atoms with Gasteiger partial charge in [-0.05, 0) is 37.1 Å². The molecule has 0 fully saturated rings. The summed E-state index contributed by atoms with van der Waals surface area (Å²) in [6, 6.07) is 16.6. The van der Waals surface area contributed by atoms with Gasteiger partial charge in [-0.2, -0.15) is 4.98 Å². The molecular weight excluding hydrogens is 372 g/mol. The molecule has 3 aromatic rings. The summed E-state index contributed by atoms with van der Waals surface area (Å²) in [4.78, 5) is 17.0. The highest BCUT2D eigenvalue weighted by atomic mass is 32.2. The Morgan fingerprint density at radius 2 is 1.89 bits per heavy atom. The molecule has 2 aromatic carbocycles. The van der Waals surface area contributed by atoms with Crippen molar-refractivity contribution in [2.75, 3.05) is 5.32 Å². The Kier molecular flexibility index (Phi) is 4.92. The quantitative estimate of drug-likeness (QED) is 0.635. The van der Waals surface area contributed by atoms with Crippen LogP contribution in [0.4, 0.5) is 5.95 Å². The molecule has 6 nitrogen and oxygen atoms in total. The molecule has 2 heterocycles. The largest absolute Gasteiger partial charge is 0.508 e. The van der Waals surface area contributed by atoms with Gasteiger partial charge in [-0.3, -0.25) is 4.79 Å². The SMILES string of the molecule is CC(=O)C1=C(C)Nc2nc(SCc3ccccc3)nn2C1c1ccc(O)cc1. The molecule has 1 unspecified atom stereocenters. The molecule has 0 spiro atoms. The third-order valence-electron chi connectivity index (χ3n) is 4.63. The zero-order valence-electron chi connectivity index (χ0n) is 15.6. The zero-order valence-corrected chi connectivity index (χ0v) is 16.4. The number of hydrogen-bond donors (Lipinski definition) is 2. The number of aromatic nitrogens is 3. The molecule has 1 atom stereocenters. The number of anilines is 1. The lowest BCUT2D eigenvalue weighted by atomic mass is 9.93. The number of carbonyl (C=O) groups excluding carboxylic acids is 1. The van der Waals surface area contributed by atoms with Gasteiger partial charge < -0.3 is 10.4 Å². The van der Waals surface area contributed by atoms with Gasteiger partial charge in [-0.25, -0.2) is 4.68 Å². The number of aromatic hydroxyl groups is 1. The van der Waals surface area contributed by atoms with E-state index in [9.17, 15) is 9.90 Å². The third-order valence-corrected chi connectivity index (χ3v) is 5.54. The Bertz CT molecular complexity index is 1040. The number of benzene rings is 2. The van der Waals surface area contributed by atoms with Crippen molar-refractivity contribution in [2.24, 2.45) is 0 Å². The van der Waals surface area contributed by atoms with Crippen LogP contribution >= 0.6 is 11.8 Å². The minimum atomic E-state index is -0.382. The summed E-state index contributed by atoms with van der Waals surface area (Å²) in [6.45, 7) is 3.43. The molecule has 0 radical (unpaired) electrons. The van der Waals surface area contributed by atoms with E-state index in [1.54, 1.807) is 35.5 Å². The van der Waals surface area contributed by atoms with Crippen LogP contribution in [0.25, 0.3) is 0 Å². The Hall–Kier alpha value is -3.06. The zero-order chi connectivity index (χ0) is 19.7. The number of thioether (sulfide) groups is 1. The van der Waals surface area contributed by atoms with Gasteiger partial charge in [0.2, 0.25) is 11.1 Å². The fourth-order valence-electron chi connectivity index (χ4n) is 3.34. The standard InChI is InChI=1S/C21H20N4O2S/c1-13-18(14(2)26)19(16-8-10-17(27)11-9-16)25-20(22-13)23-21(24-25)28-12-15-6-4-3-5-7-15/h3-11,19,27H,12H2,1-2H3,(H,22,23,24). The van der Waals surface area contributed by atoms with Crippen molar-refractivity contribution >= 4 is 23.5 Å². The summed E-state index contributed by atoms with van der Waals surface area (Å²) >= 11 is 1.55. The number of hydrogen-bond acceptors (Lipinski definition) is 6. The molecule has 1 aliphatic rings. The first-order valence-electron chi connectivity index (χ1n) is 8.94. The maximum absolute atomic E-state index is 12.4. The number of nitrogens with one attached hydrogen (secondary N) is 1. The van der Waals surface area contributed by atoms with Crippen LogP contribution in [0.3, 0.4) is 0 Å². The maximum Gasteiger partial charge on any atom is 0.227 e. The molecule has 0 saturated carbocycles. The van der Waals surface area contributed by atoms with Crippen LogP contribution in [0.5, 0.6) is 5.75 Å². The predicted molar refractivity (Wildman–Crippen MR) is 109 cm³/mol. The van der Waals surface area contributed by atoms with Crippen molar-refractivity contribution in [3.63, 3.8) is 0 Å². The number of carbonyl (C=O) groups is 1. The van der Waals surface area contributed by atoms with Crippen LogP contribution in [0.2, 0.25) is 0 Å². The summed E-state index contributed by atoms with van der Waals surface area (Å²) in [5, 5.41) is 18.2. The van der Waals surface area contributed by atoms with Crippen LogP contribution in [0.15, 0.2) is 71.0 Å². The monoisotopic (exact) mass is 392 g/mol. The number of Topliss-reactive ketones (excluding diaryl/α,β-unsaturated/α-hetero) is 1. The van der Waals surface area contributed by atoms with E-state index in [0.29, 0.717) is 16.7 Å². The van der Waals surface area contributed by atoms with E-state index in [-0.39, 0.29) is 17.6 Å². The van der Waals surface area contributed by atoms with Gasteiger partial charge in [-0.1, -0.05) is 54.2 Å². The van der Waals surface area contributed by atoms with E-state index in [1.807, 2.05) is 37.3 Å². The van der Waals surface area contributed by atoms with E-state index in [2.05, 4.69) is 27.5 Å².